The average molecular weight is 199 g/mol. The quantitative estimate of drug-likeness (QED) is 0.736. The van der Waals surface area contributed by atoms with E-state index in [-0.39, 0.29) is 6.04 Å². The minimum atomic E-state index is -0.662. The standard InChI is InChI=1S/C11H21NO2/c1-3-5-9-6-7-12(8-9)10(4-2)11(13)14/h9-10H,3-8H2,1-2H3,(H,13,14)/t9-,10+/m1/s1. The fraction of sp³-hybridized carbons (Fsp3) is 0.909. The molecule has 0 aromatic heterocycles. The zero-order valence-corrected chi connectivity index (χ0v) is 9.20. The van der Waals surface area contributed by atoms with E-state index < -0.39 is 5.97 Å². The Balaban J connectivity index is 2.43. The van der Waals surface area contributed by atoms with Crippen molar-refractivity contribution in [1.82, 2.24) is 4.90 Å². The van der Waals surface area contributed by atoms with Crippen LogP contribution in [-0.2, 0) is 4.79 Å². The first-order chi connectivity index (χ1) is 6.69. The molecule has 2 atom stereocenters. The molecule has 1 aliphatic heterocycles. The van der Waals surface area contributed by atoms with E-state index in [1.807, 2.05) is 6.92 Å². The van der Waals surface area contributed by atoms with Crippen molar-refractivity contribution >= 4 is 5.97 Å². The molecule has 14 heavy (non-hydrogen) atoms. The van der Waals surface area contributed by atoms with Gasteiger partial charge in [0.05, 0.1) is 0 Å². The van der Waals surface area contributed by atoms with Crippen LogP contribution in [-0.4, -0.2) is 35.1 Å². The highest BCUT2D eigenvalue weighted by Crippen LogP contribution is 2.23. The summed E-state index contributed by atoms with van der Waals surface area (Å²) in [4.78, 5) is 13.1. The molecular formula is C11H21NO2. The average Bonchev–Trinajstić information content (AvgIpc) is 2.54. The first-order valence-electron chi connectivity index (χ1n) is 5.65. The third-order valence-electron chi connectivity index (χ3n) is 3.13. The van der Waals surface area contributed by atoms with Gasteiger partial charge in [0.2, 0.25) is 0 Å². The van der Waals surface area contributed by atoms with Crippen molar-refractivity contribution in [3.8, 4) is 0 Å². The van der Waals surface area contributed by atoms with Gasteiger partial charge < -0.3 is 5.11 Å². The predicted molar refractivity (Wildman–Crippen MR) is 56.3 cm³/mol. The molecule has 0 radical (unpaired) electrons. The molecule has 0 amide bonds. The molecule has 0 saturated carbocycles. The number of rotatable bonds is 5. The summed E-state index contributed by atoms with van der Waals surface area (Å²) in [5.41, 5.74) is 0. The number of aliphatic carboxylic acids is 1. The highest BCUT2D eigenvalue weighted by Gasteiger charge is 2.30. The lowest BCUT2D eigenvalue weighted by Gasteiger charge is -2.22. The Kier molecular flexibility index (Phi) is 4.39. The van der Waals surface area contributed by atoms with E-state index in [0.29, 0.717) is 6.42 Å². The Morgan fingerprint density at radius 2 is 2.29 bits per heavy atom. The number of hydrogen-bond acceptors (Lipinski definition) is 2. The molecule has 82 valence electrons. The Morgan fingerprint density at radius 1 is 1.57 bits per heavy atom. The van der Waals surface area contributed by atoms with Crippen LogP contribution in [0.3, 0.4) is 0 Å². The summed E-state index contributed by atoms with van der Waals surface area (Å²) in [5, 5.41) is 9.01. The second kappa shape index (κ2) is 5.35. The van der Waals surface area contributed by atoms with Crippen molar-refractivity contribution in [2.75, 3.05) is 13.1 Å². The van der Waals surface area contributed by atoms with Crippen molar-refractivity contribution in [2.24, 2.45) is 5.92 Å². The SMILES string of the molecule is CCC[C@@H]1CCN([C@@H](CC)C(=O)O)C1. The zero-order valence-electron chi connectivity index (χ0n) is 9.20. The molecule has 3 heteroatoms. The van der Waals surface area contributed by atoms with Crippen LogP contribution in [0.25, 0.3) is 0 Å². The van der Waals surface area contributed by atoms with Gasteiger partial charge in [-0.2, -0.15) is 0 Å². The van der Waals surface area contributed by atoms with Gasteiger partial charge in [0.1, 0.15) is 6.04 Å². The van der Waals surface area contributed by atoms with Crippen LogP contribution in [0.4, 0.5) is 0 Å². The smallest absolute Gasteiger partial charge is 0.320 e. The van der Waals surface area contributed by atoms with E-state index in [1.54, 1.807) is 0 Å². The second-order valence-corrected chi connectivity index (χ2v) is 4.20. The van der Waals surface area contributed by atoms with Gasteiger partial charge >= 0.3 is 5.97 Å². The van der Waals surface area contributed by atoms with Gasteiger partial charge in [0.25, 0.3) is 0 Å². The predicted octanol–water partition coefficient (Wildman–Crippen LogP) is 1.97. The number of hydrogen-bond donors (Lipinski definition) is 1. The number of nitrogens with zero attached hydrogens (tertiary/aromatic N) is 1. The van der Waals surface area contributed by atoms with Gasteiger partial charge in [0.15, 0.2) is 0 Å². The number of carboxylic acid groups (broad SMARTS) is 1. The van der Waals surface area contributed by atoms with Gasteiger partial charge in [-0.05, 0) is 31.7 Å². The van der Waals surface area contributed by atoms with E-state index in [4.69, 9.17) is 5.11 Å². The van der Waals surface area contributed by atoms with E-state index in [9.17, 15) is 4.79 Å². The van der Waals surface area contributed by atoms with Gasteiger partial charge in [-0.3, -0.25) is 9.69 Å². The maximum Gasteiger partial charge on any atom is 0.320 e. The fourth-order valence-electron chi connectivity index (χ4n) is 2.38. The summed E-state index contributed by atoms with van der Waals surface area (Å²) in [6.07, 6.45) is 4.35. The van der Waals surface area contributed by atoms with Gasteiger partial charge in [-0.25, -0.2) is 0 Å². The second-order valence-electron chi connectivity index (χ2n) is 4.20. The lowest BCUT2D eigenvalue weighted by Crippen LogP contribution is -2.39. The minimum Gasteiger partial charge on any atom is -0.480 e. The Morgan fingerprint density at radius 3 is 2.79 bits per heavy atom. The summed E-state index contributed by atoms with van der Waals surface area (Å²) >= 11 is 0. The maximum absolute atomic E-state index is 10.9. The van der Waals surface area contributed by atoms with Crippen LogP contribution in [0, 0.1) is 5.92 Å². The fourth-order valence-corrected chi connectivity index (χ4v) is 2.38. The van der Waals surface area contributed by atoms with E-state index in [2.05, 4.69) is 11.8 Å². The number of carboxylic acids is 1. The van der Waals surface area contributed by atoms with Gasteiger partial charge in [-0.1, -0.05) is 20.3 Å². The molecule has 0 aromatic carbocycles. The molecule has 0 spiro atoms. The topological polar surface area (TPSA) is 40.5 Å². The third-order valence-corrected chi connectivity index (χ3v) is 3.13. The molecule has 0 aromatic rings. The molecule has 1 rings (SSSR count). The van der Waals surface area contributed by atoms with Crippen molar-refractivity contribution in [1.29, 1.82) is 0 Å². The Bertz CT molecular complexity index is 194. The molecule has 1 aliphatic rings. The first-order valence-corrected chi connectivity index (χ1v) is 5.65. The van der Waals surface area contributed by atoms with E-state index in [1.165, 1.54) is 19.3 Å². The van der Waals surface area contributed by atoms with Crippen molar-refractivity contribution in [2.45, 2.75) is 45.6 Å². The molecule has 1 heterocycles. The Labute approximate surface area is 86.1 Å². The molecule has 3 nitrogen and oxygen atoms in total. The molecule has 1 saturated heterocycles. The molecule has 0 aliphatic carbocycles. The zero-order chi connectivity index (χ0) is 10.6. The summed E-state index contributed by atoms with van der Waals surface area (Å²) in [7, 11) is 0. The van der Waals surface area contributed by atoms with Crippen LogP contribution < -0.4 is 0 Å². The van der Waals surface area contributed by atoms with Crippen LogP contribution in [0.2, 0.25) is 0 Å². The molecular weight excluding hydrogens is 178 g/mol. The molecule has 1 N–H and O–H groups in total. The lowest BCUT2D eigenvalue weighted by atomic mass is 10.0. The van der Waals surface area contributed by atoms with Gasteiger partial charge in [-0.15, -0.1) is 0 Å². The Hall–Kier alpha value is -0.570. The number of carbonyl (C=O) groups is 1. The first kappa shape index (κ1) is 11.5. The molecule has 0 unspecified atom stereocenters. The van der Waals surface area contributed by atoms with Crippen molar-refractivity contribution in [3.63, 3.8) is 0 Å². The van der Waals surface area contributed by atoms with E-state index in [0.717, 1.165) is 19.0 Å². The van der Waals surface area contributed by atoms with Crippen LogP contribution in [0.5, 0.6) is 0 Å². The highest BCUT2D eigenvalue weighted by atomic mass is 16.4. The van der Waals surface area contributed by atoms with Crippen LogP contribution in [0.15, 0.2) is 0 Å². The third kappa shape index (κ3) is 2.71. The van der Waals surface area contributed by atoms with Gasteiger partial charge in [0, 0.05) is 6.54 Å². The summed E-state index contributed by atoms with van der Waals surface area (Å²) in [6, 6.07) is -0.253. The van der Waals surface area contributed by atoms with Crippen LogP contribution >= 0.6 is 0 Å². The largest absolute Gasteiger partial charge is 0.480 e. The number of likely N-dealkylation sites (tertiary alicyclic amines) is 1. The maximum atomic E-state index is 10.9. The lowest BCUT2D eigenvalue weighted by molar-refractivity contribution is -0.143. The minimum absolute atomic E-state index is 0.253. The van der Waals surface area contributed by atoms with Crippen LogP contribution in [0.1, 0.15) is 39.5 Å². The summed E-state index contributed by atoms with van der Waals surface area (Å²) < 4.78 is 0. The molecule has 0 bridgehead atoms. The highest BCUT2D eigenvalue weighted by molar-refractivity contribution is 5.73. The molecule has 1 fully saturated rings. The summed E-state index contributed by atoms with van der Waals surface area (Å²) in [6.45, 7) is 6.09. The summed E-state index contributed by atoms with van der Waals surface area (Å²) in [5.74, 6) is 0.0676. The van der Waals surface area contributed by atoms with E-state index >= 15 is 0 Å². The van der Waals surface area contributed by atoms with Crippen molar-refractivity contribution in [3.05, 3.63) is 0 Å². The van der Waals surface area contributed by atoms with Crippen molar-refractivity contribution < 1.29 is 9.90 Å². The normalized spacial score (nSPS) is 25.1. The monoisotopic (exact) mass is 199 g/mol.